The molecule has 0 fully saturated rings. The average Bonchev–Trinajstić information content (AvgIpc) is 2.52. The summed E-state index contributed by atoms with van der Waals surface area (Å²) in [7, 11) is 1.55. The highest BCUT2D eigenvalue weighted by Gasteiger charge is 2.22. The highest BCUT2D eigenvalue weighted by molar-refractivity contribution is 5.74. The first-order valence-corrected chi connectivity index (χ1v) is 6.80. The molecule has 8 nitrogen and oxygen atoms in total. The van der Waals surface area contributed by atoms with Crippen LogP contribution in [0.4, 0.5) is 23.0 Å². The molecule has 0 atom stereocenters. The van der Waals surface area contributed by atoms with Crippen molar-refractivity contribution in [1.82, 2.24) is 9.97 Å². The van der Waals surface area contributed by atoms with Gasteiger partial charge in [0.15, 0.2) is 0 Å². The van der Waals surface area contributed by atoms with Gasteiger partial charge in [0, 0.05) is 18.3 Å². The third-order valence-electron chi connectivity index (χ3n) is 2.88. The second-order valence-electron chi connectivity index (χ2n) is 4.46. The molecule has 0 bridgehead atoms. The molecule has 0 saturated heterocycles. The van der Waals surface area contributed by atoms with Gasteiger partial charge in [-0.3, -0.25) is 10.1 Å². The summed E-state index contributed by atoms with van der Waals surface area (Å²) in [5, 5.41) is 17.2. The zero-order valence-corrected chi connectivity index (χ0v) is 12.4. The lowest BCUT2D eigenvalue weighted by Gasteiger charge is -2.10. The van der Waals surface area contributed by atoms with Crippen LogP contribution in [-0.4, -0.2) is 28.5 Å². The summed E-state index contributed by atoms with van der Waals surface area (Å²) in [6, 6.07) is 7.07. The van der Waals surface area contributed by atoms with E-state index in [1.165, 1.54) is 6.33 Å². The molecule has 8 heteroatoms. The molecular weight excluding hydrogens is 286 g/mol. The summed E-state index contributed by atoms with van der Waals surface area (Å²) in [6.45, 7) is 2.56. The third kappa shape index (κ3) is 3.60. The minimum absolute atomic E-state index is 0.131. The quantitative estimate of drug-likeness (QED) is 0.598. The van der Waals surface area contributed by atoms with Crippen LogP contribution in [-0.2, 0) is 0 Å². The molecule has 0 saturated carbocycles. The summed E-state index contributed by atoms with van der Waals surface area (Å²) >= 11 is 0. The molecule has 2 aromatic rings. The first-order chi connectivity index (χ1) is 10.7. The summed E-state index contributed by atoms with van der Waals surface area (Å²) < 4.78 is 5.13. The molecule has 0 radical (unpaired) electrons. The van der Waals surface area contributed by atoms with Gasteiger partial charge in [-0.25, -0.2) is 9.97 Å². The minimum Gasteiger partial charge on any atom is -0.497 e. The van der Waals surface area contributed by atoms with Crippen molar-refractivity contribution in [3.63, 3.8) is 0 Å². The Labute approximate surface area is 127 Å². The maximum atomic E-state index is 11.3. The molecule has 1 heterocycles. The van der Waals surface area contributed by atoms with Gasteiger partial charge in [0.2, 0.25) is 11.6 Å². The fourth-order valence-corrected chi connectivity index (χ4v) is 1.85. The lowest BCUT2D eigenvalue weighted by atomic mass is 10.3. The van der Waals surface area contributed by atoms with Gasteiger partial charge in [0.05, 0.1) is 12.0 Å². The fraction of sp³-hybridized carbons (Fsp3) is 0.286. The van der Waals surface area contributed by atoms with Gasteiger partial charge < -0.3 is 15.4 Å². The van der Waals surface area contributed by atoms with Crippen LogP contribution in [0.1, 0.15) is 13.3 Å². The number of hydrogen-bond acceptors (Lipinski definition) is 7. The predicted octanol–water partition coefficient (Wildman–Crippen LogP) is 2.96. The van der Waals surface area contributed by atoms with Gasteiger partial charge in [-0.1, -0.05) is 13.0 Å². The van der Waals surface area contributed by atoms with Crippen molar-refractivity contribution in [2.45, 2.75) is 13.3 Å². The van der Waals surface area contributed by atoms with Crippen molar-refractivity contribution < 1.29 is 9.66 Å². The van der Waals surface area contributed by atoms with Gasteiger partial charge in [0.25, 0.3) is 0 Å². The number of methoxy groups -OCH3 is 1. The number of ether oxygens (including phenoxy) is 1. The van der Waals surface area contributed by atoms with Crippen LogP contribution in [0, 0.1) is 10.1 Å². The van der Waals surface area contributed by atoms with Crippen LogP contribution in [0.5, 0.6) is 5.75 Å². The van der Waals surface area contributed by atoms with Crippen LogP contribution in [0.25, 0.3) is 0 Å². The normalized spacial score (nSPS) is 10.1. The third-order valence-corrected chi connectivity index (χ3v) is 2.88. The highest BCUT2D eigenvalue weighted by Crippen LogP contribution is 2.31. The van der Waals surface area contributed by atoms with E-state index in [1.807, 2.05) is 6.92 Å². The topological polar surface area (TPSA) is 102 Å². The maximum absolute atomic E-state index is 11.3. The molecular formula is C14H17N5O3. The number of nitro groups is 1. The second-order valence-corrected chi connectivity index (χ2v) is 4.46. The van der Waals surface area contributed by atoms with E-state index < -0.39 is 4.92 Å². The molecule has 0 aliphatic rings. The lowest BCUT2D eigenvalue weighted by molar-refractivity contribution is -0.383. The van der Waals surface area contributed by atoms with E-state index in [1.54, 1.807) is 31.4 Å². The predicted molar refractivity (Wildman–Crippen MR) is 83.7 cm³/mol. The molecule has 2 rings (SSSR count). The molecule has 0 aliphatic carbocycles. The number of hydrogen-bond donors (Lipinski definition) is 2. The average molecular weight is 303 g/mol. The van der Waals surface area contributed by atoms with Crippen LogP contribution >= 0.6 is 0 Å². The van der Waals surface area contributed by atoms with Crippen LogP contribution in [0.3, 0.4) is 0 Å². The van der Waals surface area contributed by atoms with Crippen molar-refractivity contribution in [3.05, 3.63) is 40.7 Å². The molecule has 1 aromatic heterocycles. The van der Waals surface area contributed by atoms with Crippen molar-refractivity contribution in [2.75, 3.05) is 24.3 Å². The van der Waals surface area contributed by atoms with Gasteiger partial charge in [0.1, 0.15) is 12.1 Å². The largest absolute Gasteiger partial charge is 0.497 e. The van der Waals surface area contributed by atoms with E-state index in [9.17, 15) is 10.1 Å². The Morgan fingerprint density at radius 3 is 2.77 bits per heavy atom. The van der Waals surface area contributed by atoms with Crippen molar-refractivity contribution in [2.24, 2.45) is 0 Å². The Hall–Kier alpha value is -2.90. The van der Waals surface area contributed by atoms with E-state index in [2.05, 4.69) is 20.6 Å². The fourth-order valence-electron chi connectivity index (χ4n) is 1.85. The molecule has 0 amide bonds. The van der Waals surface area contributed by atoms with E-state index >= 15 is 0 Å². The first kappa shape index (κ1) is 15.5. The van der Waals surface area contributed by atoms with Crippen LogP contribution in [0.2, 0.25) is 0 Å². The Kier molecular flexibility index (Phi) is 5.07. The van der Waals surface area contributed by atoms with E-state index in [4.69, 9.17) is 4.74 Å². The maximum Gasteiger partial charge on any atom is 0.353 e. The number of aromatic nitrogens is 2. The first-order valence-electron chi connectivity index (χ1n) is 6.80. The zero-order valence-electron chi connectivity index (χ0n) is 12.4. The van der Waals surface area contributed by atoms with Crippen molar-refractivity contribution in [3.8, 4) is 5.75 Å². The molecule has 2 N–H and O–H groups in total. The Bertz CT molecular complexity index is 663. The number of rotatable bonds is 7. The number of anilines is 3. The monoisotopic (exact) mass is 303 g/mol. The van der Waals surface area contributed by atoms with Crippen molar-refractivity contribution >= 4 is 23.0 Å². The van der Waals surface area contributed by atoms with Gasteiger partial charge in [-0.05, 0) is 18.6 Å². The molecule has 0 aliphatic heterocycles. The van der Waals surface area contributed by atoms with Crippen LogP contribution < -0.4 is 15.4 Å². The van der Waals surface area contributed by atoms with Gasteiger partial charge in [-0.2, -0.15) is 0 Å². The highest BCUT2D eigenvalue weighted by atomic mass is 16.6. The summed E-state index contributed by atoms with van der Waals surface area (Å²) in [4.78, 5) is 18.8. The summed E-state index contributed by atoms with van der Waals surface area (Å²) in [5.41, 5.74) is 0.460. The zero-order chi connectivity index (χ0) is 15.9. The molecule has 22 heavy (non-hydrogen) atoms. The summed E-state index contributed by atoms with van der Waals surface area (Å²) in [6.07, 6.45) is 2.12. The second kappa shape index (κ2) is 7.21. The van der Waals surface area contributed by atoms with E-state index in [0.29, 0.717) is 18.0 Å². The molecule has 0 spiro atoms. The Morgan fingerprint density at radius 1 is 1.32 bits per heavy atom. The van der Waals surface area contributed by atoms with Gasteiger partial charge >= 0.3 is 5.69 Å². The Balaban J connectivity index is 2.35. The molecule has 1 aromatic carbocycles. The van der Waals surface area contributed by atoms with Crippen LogP contribution in [0.15, 0.2) is 30.6 Å². The summed E-state index contributed by atoms with van der Waals surface area (Å²) in [5.74, 6) is 0.977. The van der Waals surface area contributed by atoms with E-state index in [0.717, 1.165) is 6.42 Å². The number of nitrogens with one attached hydrogen (secondary N) is 2. The molecule has 116 valence electrons. The smallest absolute Gasteiger partial charge is 0.353 e. The number of benzene rings is 1. The van der Waals surface area contributed by atoms with Gasteiger partial charge in [-0.15, -0.1) is 0 Å². The Morgan fingerprint density at radius 2 is 2.09 bits per heavy atom. The number of nitrogens with zero attached hydrogens (tertiary/aromatic N) is 3. The SMILES string of the molecule is CCCNc1ncnc(Nc2cccc(OC)c2)c1[N+](=O)[O-]. The minimum atomic E-state index is -0.500. The van der Waals surface area contributed by atoms with E-state index in [-0.39, 0.29) is 17.3 Å². The standard InChI is InChI=1S/C14H17N5O3/c1-3-7-15-13-12(19(20)21)14(17-9-16-13)18-10-5-4-6-11(8-10)22-2/h4-6,8-9H,3,7H2,1-2H3,(H2,15,16,17,18). The molecule has 0 unspecified atom stereocenters. The van der Waals surface area contributed by atoms with Crippen molar-refractivity contribution in [1.29, 1.82) is 0 Å². The lowest BCUT2D eigenvalue weighted by Crippen LogP contribution is -2.08.